The molecular weight excluding hydrogens is 716 g/mol. The Bertz CT molecular complexity index is 1310. The Morgan fingerprint density at radius 1 is 0.660 bits per heavy atom. The summed E-state index contributed by atoms with van der Waals surface area (Å²) in [4.78, 5) is 114. The number of carboxylic acids is 3. The highest BCUT2D eigenvalue weighted by atomic mass is 32.1. The van der Waals surface area contributed by atoms with Crippen LogP contribution in [0.5, 0.6) is 0 Å². The lowest BCUT2D eigenvalue weighted by molar-refractivity contribution is -0.142. The van der Waals surface area contributed by atoms with Crippen LogP contribution in [0.3, 0.4) is 0 Å². The van der Waals surface area contributed by atoms with E-state index in [2.05, 4.69) is 44.5 Å². The summed E-state index contributed by atoms with van der Waals surface area (Å²) in [5.74, 6) is -10.1. The maximum Gasteiger partial charge on any atom is 0.327 e. The fourth-order valence-electron chi connectivity index (χ4n) is 5.92. The molecule has 0 bridgehead atoms. The van der Waals surface area contributed by atoms with Crippen molar-refractivity contribution in [1.82, 2.24) is 31.9 Å². The summed E-state index contributed by atoms with van der Waals surface area (Å²) in [6, 6.07) is -8.02. The van der Waals surface area contributed by atoms with Gasteiger partial charge >= 0.3 is 17.9 Å². The van der Waals surface area contributed by atoms with E-state index in [1.165, 1.54) is 0 Å². The molecule has 0 aromatic rings. The van der Waals surface area contributed by atoms with Gasteiger partial charge in [-0.1, -0.05) is 53.4 Å². The number of rotatable bonds is 23. The van der Waals surface area contributed by atoms with E-state index in [0.29, 0.717) is 19.3 Å². The summed E-state index contributed by atoms with van der Waals surface area (Å²) in [6.45, 7) is 8.08. The molecule has 7 atom stereocenters. The van der Waals surface area contributed by atoms with Crippen LogP contribution in [0.2, 0.25) is 0 Å². The van der Waals surface area contributed by atoms with Crippen LogP contribution in [0.4, 0.5) is 0 Å². The molecule has 19 heteroatoms. The molecule has 300 valence electrons. The first-order chi connectivity index (χ1) is 24.8. The molecule has 9 N–H and O–H groups in total. The van der Waals surface area contributed by atoms with E-state index >= 15 is 0 Å². The highest BCUT2D eigenvalue weighted by Crippen LogP contribution is 2.27. The van der Waals surface area contributed by atoms with E-state index in [-0.39, 0.29) is 24.0 Å². The zero-order valence-electron chi connectivity index (χ0n) is 30.9. The molecule has 1 rings (SSSR count). The van der Waals surface area contributed by atoms with Crippen molar-refractivity contribution in [3.8, 4) is 0 Å². The lowest BCUT2D eigenvalue weighted by atomic mass is 9.83. The lowest BCUT2D eigenvalue weighted by Crippen LogP contribution is -2.61. The Balaban J connectivity index is 3.35. The van der Waals surface area contributed by atoms with Gasteiger partial charge in [-0.25, -0.2) is 4.79 Å². The van der Waals surface area contributed by atoms with Gasteiger partial charge in [-0.3, -0.25) is 38.4 Å². The van der Waals surface area contributed by atoms with Gasteiger partial charge in [0, 0.05) is 19.1 Å². The Hall–Kier alpha value is -4.42. The smallest absolute Gasteiger partial charge is 0.327 e. The highest BCUT2D eigenvalue weighted by Gasteiger charge is 2.38. The highest BCUT2D eigenvalue weighted by molar-refractivity contribution is 7.80. The molecule has 0 heterocycles. The Labute approximate surface area is 314 Å². The first-order valence-electron chi connectivity index (χ1n) is 17.9. The number of aliphatic carboxylic acids is 3. The molecule has 6 amide bonds. The molecule has 53 heavy (non-hydrogen) atoms. The van der Waals surface area contributed by atoms with E-state index in [9.17, 15) is 58.5 Å². The second-order valence-electron chi connectivity index (χ2n) is 13.9. The second kappa shape index (κ2) is 23.3. The predicted molar refractivity (Wildman–Crippen MR) is 193 cm³/mol. The molecule has 0 aromatic carbocycles. The zero-order valence-corrected chi connectivity index (χ0v) is 31.8. The molecule has 0 spiro atoms. The van der Waals surface area contributed by atoms with Gasteiger partial charge in [0.05, 0.1) is 6.42 Å². The van der Waals surface area contributed by atoms with Gasteiger partial charge in [-0.05, 0) is 43.4 Å². The number of nitrogens with one attached hydrogen (secondary N) is 6. The number of hydrogen-bond donors (Lipinski definition) is 10. The maximum absolute atomic E-state index is 13.9. The van der Waals surface area contributed by atoms with Gasteiger partial charge in [0.15, 0.2) is 0 Å². The van der Waals surface area contributed by atoms with Crippen molar-refractivity contribution < 1.29 is 58.5 Å². The van der Waals surface area contributed by atoms with E-state index in [1.54, 1.807) is 27.7 Å². The minimum atomic E-state index is -1.58. The molecular formula is C34H56N6O12S. The summed E-state index contributed by atoms with van der Waals surface area (Å²) >= 11 is 4.01. The first-order valence-corrected chi connectivity index (χ1v) is 18.5. The fraction of sp³-hybridized carbons (Fsp3) is 0.735. The Morgan fingerprint density at radius 3 is 1.70 bits per heavy atom. The number of hydrogen-bond acceptors (Lipinski definition) is 10. The third-order valence-electron chi connectivity index (χ3n) is 8.98. The number of carbonyl (C=O) groups excluding carboxylic acids is 6. The monoisotopic (exact) mass is 772 g/mol. The SMILES string of the molecule is CC[C@H](C)[C@H](NC(=O)[C@H](CC(C)C)NC(=O)[C@@H](CCC(=O)O)NC(=O)[C@H](CC(=O)O)NC(C)=O)C(=O)N[C@H](C(=O)N[C@@H](CS)C(=O)O)C1CCCCC1. The fourth-order valence-corrected chi connectivity index (χ4v) is 6.17. The first kappa shape index (κ1) is 46.6. The van der Waals surface area contributed by atoms with Crippen LogP contribution < -0.4 is 31.9 Å². The zero-order chi connectivity index (χ0) is 40.4. The van der Waals surface area contributed by atoms with Gasteiger partial charge in [0.2, 0.25) is 35.4 Å². The van der Waals surface area contributed by atoms with Crippen LogP contribution in [0.1, 0.15) is 98.8 Å². The molecule has 0 saturated heterocycles. The minimum Gasteiger partial charge on any atom is -0.481 e. The second-order valence-corrected chi connectivity index (χ2v) is 14.2. The molecule has 0 radical (unpaired) electrons. The molecule has 1 aliphatic carbocycles. The van der Waals surface area contributed by atoms with E-state index < -0.39 is 115 Å². The number of carboxylic acid groups (broad SMARTS) is 3. The predicted octanol–water partition coefficient (Wildman–Crippen LogP) is -0.0585. The van der Waals surface area contributed by atoms with Crippen LogP contribution in [-0.4, -0.2) is 111 Å². The lowest BCUT2D eigenvalue weighted by Gasteiger charge is -2.33. The summed E-state index contributed by atoms with van der Waals surface area (Å²) in [7, 11) is 0. The maximum atomic E-state index is 13.9. The summed E-state index contributed by atoms with van der Waals surface area (Å²) < 4.78 is 0. The van der Waals surface area contributed by atoms with Crippen LogP contribution in [-0.2, 0) is 43.2 Å². The average Bonchev–Trinajstić information content (AvgIpc) is 3.08. The van der Waals surface area contributed by atoms with Crippen molar-refractivity contribution in [2.45, 2.75) is 135 Å². The van der Waals surface area contributed by atoms with Crippen LogP contribution in [0.25, 0.3) is 0 Å². The van der Waals surface area contributed by atoms with Crippen LogP contribution in [0, 0.1) is 17.8 Å². The molecule has 1 aliphatic rings. The molecule has 0 aliphatic heterocycles. The molecule has 0 unspecified atom stereocenters. The van der Waals surface area contributed by atoms with Crippen molar-refractivity contribution in [3.63, 3.8) is 0 Å². The third-order valence-corrected chi connectivity index (χ3v) is 9.35. The minimum absolute atomic E-state index is 0.0486. The topological polar surface area (TPSA) is 286 Å². The molecule has 18 nitrogen and oxygen atoms in total. The van der Waals surface area contributed by atoms with Crippen LogP contribution in [0.15, 0.2) is 0 Å². The van der Waals surface area contributed by atoms with Gasteiger partial charge in [0.1, 0.15) is 36.3 Å². The van der Waals surface area contributed by atoms with Crippen molar-refractivity contribution >= 4 is 66.0 Å². The molecule has 1 saturated carbocycles. The standard InChI is InChI=1S/C34H56N6O12S/c1-6-18(4)27(32(49)40-28(20-10-8-7-9-11-20)33(50)38-24(16-53)34(51)52)39-31(48)22(14-17(2)3)37-29(46)21(12-13-25(42)43)36-30(47)23(15-26(44)45)35-19(5)41/h17-18,20-24,27-28,53H,6-16H2,1-5H3,(H,35,41)(H,36,47)(H,37,46)(H,38,50)(H,39,48)(H,40,49)(H,42,43)(H,44,45)(H,51,52)/t18-,21+,22-,23-,24-,27-,28-/m0/s1. The van der Waals surface area contributed by atoms with Gasteiger partial charge in [-0.2, -0.15) is 12.6 Å². The molecule has 1 fully saturated rings. The number of amides is 6. The van der Waals surface area contributed by atoms with Crippen molar-refractivity contribution in [1.29, 1.82) is 0 Å². The molecule has 0 aromatic heterocycles. The van der Waals surface area contributed by atoms with Gasteiger partial charge < -0.3 is 47.2 Å². The summed E-state index contributed by atoms with van der Waals surface area (Å²) in [5.41, 5.74) is 0. The Morgan fingerprint density at radius 2 is 1.21 bits per heavy atom. The Kier molecular flexibility index (Phi) is 20.5. The van der Waals surface area contributed by atoms with Gasteiger partial charge in [-0.15, -0.1) is 0 Å². The van der Waals surface area contributed by atoms with E-state index in [0.717, 1.165) is 26.2 Å². The third kappa shape index (κ3) is 16.9. The van der Waals surface area contributed by atoms with Crippen molar-refractivity contribution in [2.75, 3.05) is 5.75 Å². The van der Waals surface area contributed by atoms with Gasteiger partial charge in [0.25, 0.3) is 0 Å². The summed E-state index contributed by atoms with van der Waals surface area (Å²) in [6.07, 6.45) is 2.39. The summed E-state index contributed by atoms with van der Waals surface area (Å²) in [5, 5.41) is 42.8. The number of carbonyl (C=O) groups is 9. The normalized spacial score (nSPS) is 17.0. The van der Waals surface area contributed by atoms with E-state index in [1.807, 2.05) is 0 Å². The van der Waals surface area contributed by atoms with Crippen molar-refractivity contribution in [3.05, 3.63) is 0 Å². The van der Waals surface area contributed by atoms with Crippen molar-refractivity contribution in [2.24, 2.45) is 17.8 Å². The average molecular weight is 773 g/mol. The quantitative estimate of drug-likeness (QED) is 0.0612. The largest absolute Gasteiger partial charge is 0.481 e. The van der Waals surface area contributed by atoms with E-state index in [4.69, 9.17) is 0 Å². The number of thiol groups is 1. The van der Waals surface area contributed by atoms with Crippen LogP contribution >= 0.6 is 12.6 Å².